The first kappa shape index (κ1) is 12.9. The third kappa shape index (κ3) is 2.89. The fourth-order valence-electron chi connectivity index (χ4n) is 2.64. The van der Waals surface area contributed by atoms with Crippen LogP contribution in [0.15, 0.2) is 29.0 Å². The smallest absolute Gasteiger partial charge is 0.0672 e. The van der Waals surface area contributed by atoms with Crippen molar-refractivity contribution >= 4 is 22.7 Å². The monoisotopic (exact) mass is 288 g/mol. The van der Waals surface area contributed by atoms with Crippen LogP contribution in [0.4, 0.5) is 0 Å². The second-order valence-corrected chi connectivity index (χ2v) is 6.88. The van der Waals surface area contributed by atoms with E-state index in [2.05, 4.69) is 40.3 Å². The average molecular weight is 288 g/mol. The summed E-state index contributed by atoms with van der Waals surface area (Å²) in [5.41, 5.74) is 1.32. The van der Waals surface area contributed by atoms with Crippen molar-refractivity contribution in [3.63, 3.8) is 0 Å². The molecule has 0 aliphatic heterocycles. The molecule has 1 fully saturated rings. The molecule has 2 unspecified atom stereocenters. The largest absolute Gasteiger partial charge is 0.308 e. The maximum absolute atomic E-state index is 9.08. The summed E-state index contributed by atoms with van der Waals surface area (Å²) in [5, 5.41) is 17.0. The molecular formula is C15H16N2S2. The van der Waals surface area contributed by atoms with Crippen LogP contribution in [0.2, 0.25) is 0 Å². The predicted molar refractivity (Wildman–Crippen MR) is 81.2 cm³/mol. The molecule has 2 atom stereocenters. The number of nitriles is 1. The Morgan fingerprint density at radius 1 is 1.37 bits per heavy atom. The highest BCUT2D eigenvalue weighted by Gasteiger charge is 2.26. The first-order valence-corrected chi connectivity index (χ1v) is 8.37. The number of nitrogens with one attached hydrogen (secondary N) is 1. The number of hydrogen-bond donors (Lipinski definition) is 1. The van der Waals surface area contributed by atoms with E-state index in [0.29, 0.717) is 6.04 Å². The molecule has 0 bridgehead atoms. The Bertz CT molecular complexity index is 565. The van der Waals surface area contributed by atoms with E-state index >= 15 is 0 Å². The van der Waals surface area contributed by atoms with Crippen LogP contribution in [-0.4, -0.2) is 6.04 Å². The second kappa shape index (κ2) is 5.87. The van der Waals surface area contributed by atoms with Gasteiger partial charge < -0.3 is 5.32 Å². The summed E-state index contributed by atoms with van der Waals surface area (Å²) >= 11 is 3.58. The zero-order chi connectivity index (χ0) is 13.1. The van der Waals surface area contributed by atoms with Crippen molar-refractivity contribution in [3.8, 4) is 16.5 Å². The molecule has 0 spiro atoms. The highest BCUT2D eigenvalue weighted by molar-refractivity contribution is 7.14. The van der Waals surface area contributed by atoms with Gasteiger partial charge in [-0.2, -0.15) is 5.26 Å². The third-order valence-corrected chi connectivity index (χ3v) is 5.54. The molecular weight excluding hydrogens is 272 g/mol. The molecule has 1 saturated carbocycles. The number of hydrogen-bond acceptors (Lipinski definition) is 4. The molecule has 98 valence electrons. The van der Waals surface area contributed by atoms with Gasteiger partial charge in [0, 0.05) is 27.9 Å². The van der Waals surface area contributed by atoms with Crippen LogP contribution in [0.1, 0.15) is 24.1 Å². The van der Waals surface area contributed by atoms with Gasteiger partial charge in [0.05, 0.1) is 12.0 Å². The lowest BCUT2D eigenvalue weighted by Crippen LogP contribution is -2.30. The zero-order valence-electron chi connectivity index (χ0n) is 10.6. The van der Waals surface area contributed by atoms with Crippen LogP contribution >= 0.6 is 22.7 Å². The van der Waals surface area contributed by atoms with Crippen molar-refractivity contribution < 1.29 is 0 Å². The molecule has 0 saturated heterocycles. The summed E-state index contributed by atoms with van der Waals surface area (Å²) < 4.78 is 0. The van der Waals surface area contributed by atoms with E-state index in [0.717, 1.165) is 19.4 Å². The molecule has 4 heteroatoms. The van der Waals surface area contributed by atoms with Gasteiger partial charge in [0.25, 0.3) is 0 Å². The van der Waals surface area contributed by atoms with Crippen LogP contribution in [-0.2, 0) is 6.54 Å². The Labute approximate surface area is 121 Å². The third-order valence-electron chi connectivity index (χ3n) is 3.68. The van der Waals surface area contributed by atoms with E-state index in [-0.39, 0.29) is 5.92 Å². The standard InChI is InChI=1S/C15H16N2S2/c16-8-11-3-1-4-14(11)17-9-13-7-12(10-19-13)15-5-2-6-18-15/h2,5-7,10-11,14,17H,1,3-4,9H2. The van der Waals surface area contributed by atoms with Crippen molar-refractivity contribution in [1.29, 1.82) is 5.26 Å². The van der Waals surface area contributed by atoms with E-state index in [4.69, 9.17) is 5.26 Å². The lowest BCUT2D eigenvalue weighted by molar-refractivity contribution is 0.466. The van der Waals surface area contributed by atoms with Crippen molar-refractivity contribution in [3.05, 3.63) is 33.8 Å². The van der Waals surface area contributed by atoms with Gasteiger partial charge in [-0.25, -0.2) is 0 Å². The molecule has 0 amide bonds. The van der Waals surface area contributed by atoms with Gasteiger partial charge in [-0.3, -0.25) is 0 Å². The summed E-state index contributed by atoms with van der Waals surface area (Å²) in [6, 6.07) is 9.32. The molecule has 1 N–H and O–H groups in total. The van der Waals surface area contributed by atoms with Crippen LogP contribution in [0.5, 0.6) is 0 Å². The topological polar surface area (TPSA) is 35.8 Å². The maximum Gasteiger partial charge on any atom is 0.0672 e. The van der Waals surface area contributed by atoms with Gasteiger partial charge in [-0.1, -0.05) is 12.5 Å². The first-order chi connectivity index (χ1) is 9.36. The van der Waals surface area contributed by atoms with Crippen molar-refractivity contribution in [2.24, 2.45) is 5.92 Å². The minimum Gasteiger partial charge on any atom is -0.308 e. The van der Waals surface area contributed by atoms with E-state index in [1.165, 1.54) is 21.7 Å². The molecule has 2 nitrogen and oxygen atoms in total. The summed E-state index contributed by atoms with van der Waals surface area (Å²) in [4.78, 5) is 2.69. The molecule has 0 radical (unpaired) electrons. The van der Waals surface area contributed by atoms with Crippen LogP contribution in [0.3, 0.4) is 0 Å². The van der Waals surface area contributed by atoms with Crippen LogP contribution < -0.4 is 5.32 Å². The van der Waals surface area contributed by atoms with Gasteiger partial charge in [-0.05, 0) is 35.7 Å². The minimum absolute atomic E-state index is 0.205. The average Bonchev–Trinajstić information content (AvgIpc) is 3.16. The lowest BCUT2D eigenvalue weighted by Gasteiger charge is -2.14. The fourth-order valence-corrected chi connectivity index (χ4v) is 4.26. The number of rotatable bonds is 4. The van der Waals surface area contributed by atoms with Gasteiger partial charge in [0.2, 0.25) is 0 Å². The highest BCUT2D eigenvalue weighted by atomic mass is 32.1. The normalized spacial score (nSPS) is 22.5. The van der Waals surface area contributed by atoms with Crippen molar-refractivity contribution in [2.45, 2.75) is 31.8 Å². The number of thiophene rings is 2. The zero-order valence-corrected chi connectivity index (χ0v) is 12.3. The Balaban J connectivity index is 1.61. The summed E-state index contributed by atoms with van der Waals surface area (Å²) in [6.07, 6.45) is 3.38. The van der Waals surface area contributed by atoms with Crippen molar-refractivity contribution in [1.82, 2.24) is 5.32 Å². The molecule has 2 aromatic heterocycles. The summed E-state index contributed by atoms with van der Waals surface area (Å²) in [6.45, 7) is 0.888. The van der Waals surface area contributed by atoms with Gasteiger partial charge in [-0.15, -0.1) is 22.7 Å². The van der Waals surface area contributed by atoms with Gasteiger partial charge in [0.1, 0.15) is 0 Å². The van der Waals surface area contributed by atoms with Gasteiger partial charge >= 0.3 is 0 Å². The molecule has 0 aromatic carbocycles. The maximum atomic E-state index is 9.08. The summed E-state index contributed by atoms with van der Waals surface area (Å²) in [7, 11) is 0. The first-order valence-electron chi connectivity index (χ1n) is 6.61. The second-order valence-electron chi connectivity index (χ2n) is 4.93. The molecule has 1 aliphatic carbocycles. The summed E-state index contributed by atoms with van der Waals surface area (Å²) in [5.74, 6) is 0.205. The predicted octanol–water partition coefficient (Wildman–Crippen LogP) is 4.26. The number of nitrogens with zero attached hydrogens (tertiary/aromatic N) is 1. The molecule has 1 aliphatic rings. The fraction of sp³-hybridized carbons (Fsp3) is 0.400. The highest BCUT2D eigenvalue weighted by Crippen LogP contribution is 2.30. The van der Waals surface area contributed by atoms with E-state index in [1.807, 2.05) is 0 Å². The van der Waals surface area contributed by atoms with Crippen LogP contribution in [0.25, 0.3) is 10.4 Å². The van der Waals surface area contributed by atoms with E-state index < -0.39 is 0 Å². The minimum atomic E-state index is 0.205. The SMILES string of the molecule is N#CC1CCCC1NCc1cc(-c2cccs2)cs1. The molecule has 2 aromatic rings. The molecule has 19 heavy (non-hydrogen) atoms. The van der Waals surface area contributed by atoms with E-state index in [9.17, 15) is 0 Å². The molecule has 2 heterocycles. The van der Waals surface area contributed by atoms with Gasteiger partial charge in [0.15, 0.2) is 0 Å². The van der Waals surface area contributed by atoms with Crippen LogP contribution in [0, 0.1) is 17.2 Å². The lowest BCUT2D eigenvalue weighted by atomic mass is 10.1. The molecule has 3 rings (SSSR count). The quantitative estimate of drug-likeness (QED) is 0.912. The Hall–Kier alpha value is -1.15. The Morgan fingerprint density at radius 2 is 2.32 bits per heavy atom. The van der Waals surface area contributed by atoms with E-state index in [1.54, 1.807) is 22.7 Å². The van der Waals surface area contributed by atoms with Crippen molar-refractivity contribution in [2.75, 3.05) is 0 Å². The Kier molecular flexibility index (Phi) is 3.97. The Morgan fingerprint density at radius 3 is 3.11 bits per heavy atom.